The highest BCUT2D eigenvalue weighted by molar-refractivity contribution is 7.10. The third kappa shape index (κ3) is 3.01. The Kier molecular flexibility index (Phi) is 4.41. The van der Waals surface area contributed by atoms with Gasteiger partial charge in [0.25, 0.3) is 0 Å². The Morgan fingerprint density at radius 1 is 1.11 bits per heavy atom. The van der Waals surface area contributed by atoms with Crippen molar-refractivity contribution in [3.05, 3.63) is 87.1 Å². The number of nitrogens with one attached hydrogen (secondary N) is 1. The van der Waals surface area contributed by atoms with Crippen LogP contribution < -0.4 is 5.32 Å². The molecule has 2 aliphatic rings. The van der Waals surface area contributed by atoms with Crippen molar-refractivity contribution < 1.29 is 4.79 Å². The van der Waals surface area contributed by atoms with Gasteiger partial charge in [0, 0.05) is 27.1 Å². The minimum absolute atomic E-state index is 0.0735. The molecule has 2 heterocycles. The Morgan fingerprint density at radius 3 is 2.71 bits per heavy atom. The Labute approximate surface area is 172 Å². The highest BCUT2D eigenvalue weighted by Gasteiger charge is 2.44. The molecule has 0 saturated carbocycles. The van der Waals surface area contributed by atoms with Gasteiger partial charge in [-0.15, -0.1) is 11.3 Å². The average Bonchev–Trinajstić information content (AvgIpc) is 3.37. The minimum Gasteiger partial charge on any atom is -0.306 e. The first-order valence-electron chi connectivity index (χ1n) is 9.26. The summed E-state index contributed by atoms with van der Waals surface area (Å²) in [6, 6.07) is 19.3. The molecular weight excluding hydrogens is 390 g/mol. The van der Waals surface area contributed by atoms with E-state index >= 15 is 0 Å². The summed E-state index contributed by atoms with van der Waals surface area (Å²) < 4.78 is 0. The maximum atomic E-state index is 13.1. The summed E-state index contributed by atoms with van der Waals surface area (Å²) in [5.41, 5.74) is 4.20. The highest BCUT2D eigenvalue weighted by atomic mass is 35.5. The topological polar surface area (TPSA) is 44.7 Å². The van der Waals surface area contributed by atoms with Crippen molar-refractivity contribution in [2.24, 2.45) is 11.0 Å². The zero-order valence-electron chi connectivity index (χ0n) is 15.0. The zero-order valence-corrected chi connectivity index (χ0v) is 16.6. The standard InChI is InChI=1S/C22H18ClN3OS/c23-15-8-10-16(11-9-15)24-22(27)26-21(19-6-3-13-28-19)18-12-7-14-4-1-2-5-17(14)20(18)25-26/h1-6,8-11,13,18,21H,7,12H2,(H,24,27)/t18-,21-/m0/s1. The van der Waals surface area contributed by atoms with Crippen molar-refractivity contribution in [3.8, 4) is 0 Å². The second-order valence-electron chi connectivity index (χ2n) is 7.03. The molecule has 140 valence electrons. The van der Waals surface area contributed by atoms with Crippen LogP contribution in [-0.4, -0.2) is 16.8 Å². The second kappa shape index (κ2) is 7.08. The number of thiophene rings is 1. The SMILES string of the molecule is O=C(Nc1ccc(Cl)cc1)N1N=C2c3ccccc3CC[C@@H]2[C@H]1c1cccs1. The van der Waals surface area contributed by atoms with E-state index in [0.717, 1.165) is 23.4 Å². The van der Waals surface area contributed by atoms with E-state index in [1.165, 1.54) is 11.1 Å². The number of fused-ring (bicyclic) bond motifs is 3. The van der Waals surface area contributed by atoms with Gasteiger partial charge in [0.15, 0.2) is 0 Å². The number of aryl methyl sites for hydroxylation is 1. The van der Waals surface area contributed by atoms with Crippen molar-refractivity contribution >= 4 is 40.4 Å². The van der Waals surface area contributed by atoms with E-state index in [4.69, 9.17) is 16.7 Å². The van der Waals surface area contributed by atoms with Gasteiger partial charge in [0.05, 0.1) is 11.8 Å². The van der Waals surface area contributed by atoms with E-state index in [1.807, 2.05) is 12.1 Å². The minimum atomic E-state index is -0.222. The molecule has 1 aliphatic carbocycles. The molecule has 4 nitrogen and oxygen atoms in total. The summed E-state index contributed by atoms with van der Waals surface area (Å²) >= 11 is 7.63. The third-order valence-corrected chi connectivity index (χ3v) is 6.56. The number of amides is 2. The predicted octanol–water partition coefficient (Wildman–Crippen LogP) is 5.96. The molecule has 0 radical (unpaired) electrons. The van der Waals surface area contributed by atoms with Crippen molar-refractivity contribution in [3.63, 3.8) is 0 Å². The van der Waals surface area contributed by atoms with Crippen LogP contribution in [0.3, 0.4) is 0 Å². The number of rotatable bonds is 2. The summed E-state index contributed by atoms with van der Waals surface area (Å²) in [5, 5.41) is 12.1. The molecule has 0 fully saturated rings. The number of anilines is 1. The van der Waals surface area contributed by atoms with E-state index in [1.54, 1.807) is 40.6 Å². The molecule has 28 heavy (non-hydrogen) atoms. The Balaban J connectivity index is 1.52. The van der Waals surface area contributed by atoms with E-state index in [0.29, 0.717) is 10.7 Å². The lowest BCUT2D eigenvalue weighted by Crippen LogP contribution is -2.34. The summed E-state index contributed by atoms with van der Waals surface area (Å²) in [6.07, 6.45) is 2.00. The number of hydrazone groups is 1. The molecule has 0 spiro atoms. The molecule has 2 amide bonds. The first kappa shape index (κ1) is 17.5. The fourth-order valence-corrected chi connectivity index (χ4v) is 5.08. The number of halogens is 1. The quantitative estimate of drug-likeness (QED) is 0.559. The fraction of sp³-hybridized carbons (Fsp3) is 0.182. The fourth-order valence-electron chi connectivity index (χ4n) is 4.08. The maximum Gasteiger partial charge on any atom is 0.342 e. The maximum absolute atomic E-state index is 13.1. The number of urea groups is 1. The molecule has 2 atom stereocenters. The molecule has 2 aromatic carbocycles. The summed E-state index contributed by atoms with van der Waals surface area (Å²) in [5.74, 6) is 0.213. The summed E-state index contributed by atoms with van der Waals surface area (Å²) in [7, 11) is 0. The van der Waals surface area contributed by atoms with E-state index in [2.05, 4.69) is 35.0 Å². The number of nitrogens with zero attached hydrogens (tertiary/aromatic N) is 2. The zero-order chi connectivity index (χ0) is 19.1. The highest BCUT2D eigenvalue weighted by Crippen LogP contribution is 2.44. The monoisotopic (exact) mass is 407 g/mol. The van der Waals surface area contributed by atoms with Crippen LogP contribution in [0.4, 0.5) is 10.5 Å². The Morgan fingerprint density at radius 2 is 1.93 bits per heavy atom. The van der Waals surface area contributed by atoms with Crippen LogP contribution in [0, 0.1) is 5.92 Å². The van der Waals surface area contributed by atoms with Gasteiger partial charge in [-0.1, -0.05) is 41.9 Å². The van der Waals surface area contributed by atoms with E-state index in [-0.39, 0.29) is 18.0 Å². The third-order valence-electron chi connectivity index (χ3n) is 5.37. The Hall–Kier alpha value is -2.63. The van der Waals surface area contributed by atoms with Gasteiger partial charge in [-0.25, -0.2) is 9.80 Å². The van der Waals surface area contributed by atoms with Crippen molar-refractivity contribution in [1.29, 1.82) is 0 Å². The van der Waals surface area contributed by atoms with Gasteiger partial charge in [0.2, 0.25) is 0 Å². The summed E-state index contributed by atoms with van der Waals surface area (Å²) in [4.78, 5) is 14.3. The van der Waals surface area contributed by atoms with Gasteiger partial charge in [0.1, 0.15) is 0 Å². The largest absolute Gasteiger partial charge is 0.342 e. The molecule has 0 saturated heterocycles. The van der Waals surface area contributed by atoms with Crippen molar-refractivity contribution in [2.45, 2.75) is 18.9 Å². The first-order valence-corrected chi connectivity index (χ1v) is 10.5. The summed E-state index contributed by atoms with van der Waals surface area (Å²) in [6.45, 7) is 0. The lowest BCUT2D eigenvalue weighted by atomic mass is 9.79. The molecule has 1 aromatic heterocycles. The Bertz CT molecular complexity index is 1050. The van der Waals surface area contributed by atoms with Gasteiger partial charge in [-0.3, -0.25) is 0 Å². The number of hydrogen-bond acceptors (Lipinski definition) is 3. The van der Waals surface area contributed by atoms with Crippen LogP contribution in [0.25, 0.3) is 0 Å². The molecule has 0 unspecified atom stereocenters. The molecule has 6 heteroatoms. The predicted molar refractivity (Wildman–Crippen MR) is 114 cm³/mol. The first-order chi connectivity index (χ1) is 13.7. The number of benzene rings is 2. The molecule has 3 aromatic rings. The average molecular weight is 408 g/mol. The molecular formula is C22H18ClN3OS. The van der Waals surface area contributed by atoms with Crippen LogP contribution in [0.5, 0.6) is 0 Å². The van der Waals surface area contributed by atoms with Crippen molar-refractivity contribution in [1.82, 2.24) is 5.01 Å². The van der Waals surface area contributed by atoms with Gasteiger partial charge < -0.3 is 5.32 Å². The second-order valence-corrected chi connectivity index (χ2v) is 8.45. The number of carbonyl (C=O) groups is 1. The number of hydrogen-bond donors (Lipinski definition) is 1. The van der Waals surface area contributed by atoms with Crippen LogP contribution in [0.1, 0.15) is 28.5 Å². The molecule has 1 aliphatic heterocycles. The van der Waals surface area contributed by atoms with Gasteiger partial charge >= 0.3 is 6.03 Å². The van der Waals surface area contributed by atoms with E-state index in [9.17, 15) is 4.79 Å². The van der Waals surface area contributed by atoms with Crippen molar-refractivity contribution in [2.75, 3.05) is 5.32 Å². The van der Waals surface area contributed by atoms with Crippen LogP contribution in [0.2, 0.25) is 5.02 Å². The van der Waals surface area contributed by atoms with Gasteiger partial charge in [-0.05, 0) is 54.1 Å². The van der Waals surface area contributed by atoms with Crippen LogP contribution in [-0.2, 0) is 6.42 Å². The van der Waals surface area contributed by atoms with Crippen LogP contribution in [0.15, 0.2) is 71.1 Å². The van der Waals surface area contributed by atoms with Crippen LogP contribution >= 0.6 is 22.9 Å². The molecule has 1 N–H and O–H groups in total. The lowest BCUT2D eigenvalue weighted by molar-refractivity contribution is 0.189. The smallest absolute Gasteiger partial charge is 0.306 e. The molecule has 0 bridgehead atoms. The number of carbonyl (C=O) groups excluding carboxylic acids is 1. The molecule has 5 rings (SSSR count). The van der Waals surface area contributed by atoms with E-state index < -0.39 is 0 Å². The normalized spacial score (nSPS) is 20.3. The van der Waals surface area contributed by atoms with Gasteiger partial charge in [-0.2, -0.15) is 5.10 Å². The lowest BCUT2D eigenvalue weighted by Gasteiger charge is -2.28.